The van der Waals surface area contributed by atoms with Crippen molar-refractivity contribution in [3.63, 3.8) is 0 Å². The minimum Gasteiger partial charge on any atom is -0.380 e. The summed E-state index contributed by atoms with van der Waals surface area (Å²) in [6, 6.07) is 13.7. The maximum Gasteiger partial charge on any atom is 0.0560 e. The van der Waals surface area contributed by atoms with Gasteiger partial charge in [-0.15, -0.1) is 0 Å². The quantitative estimate of drug-likeness (QED) is 0.490. The second-order valence-corrected chi connectivity index (χ2v) is 8.92. The molecule has 0 amide bonds. The Hall–Kier alpha value is -1.60. The average molecular weight is 367 g/mol. The molecule has 0 saturated heterocycles. The largest absolute Gasteiger partial charge is 0.380 e. The lowest BCUT2D eigenvalue weighted by atomic mass is 9.78. The van der Waals surface area contributed by atoms with Crippen molar-refractivity contribution in [3.8, 4) is 0 Å². The van der Waals surface area contributed by atoms with Crippen LogP contribution in [-0.4, -0.2) is 13.2 Å². The summed E-state index contributed by atoms with van der Waals surface area (Å²) in [5.41, 5.74) is 8.31. The maximum atomic E-state index is 6.39. The van der Waals surface area contributed by atoms with E-state index in [9.17, 15) is 0 Å². The monoisotopic (exact) mass is 366 g/mol. The van der Waals surface area contributed by atoms with Crippen molar-refractivity contribution in [1.82, 2.24) is 0 Å². The Balaban J connectivity index is 2.14. The van der Waals surface area contributed by atoms with Gasteiger partial charge in [-0.2, -0.15) is 0 Å². The molecule has 0 spiro atoms. The first-order chi connectivity index (χ1) is 12.6. The van der Waals surface area contributed by atoms with Gasteiger partial charge in [-0.1, -0.05) is 64.1 Å². The number of hydrogen-bond acceptors (Lipinski definition) is 1. The molecule has 2 aromatic carbocycles. The normalized spacial score (nSPS) is 16.0. The third kappa shape index (κ3) is 4.82. The van der Waals surface area contributed by atoms with Crippen LogP contribution in [0.5, 0.6) is 0 Å². The minimum absolute atomic E-state index is 0.0519. The highest BCUT2D eigenvalue weighted by molar-refractivity contribution is 5.35. The third-order valence-corrected chi connectivity index (χ3v) is 6.81. The predicted octanol–water partition coefficient (Wildman–Crippen LogP) is 6.97. The van der Waals surface area contributed by atoms with Crippen molar-refractivity contribution in [2.24, 2.45) is 0 Å². The summed E-state index contributed by atoms with van der Waals surface area (Å²) in [5, 5.41) is 0. The molecular weight excluding hydrogens is 328 g/mol. The van der Waals surface area contributed by atoms with E-state index >= 15 is 0 Å². The van der Waals surface area contributed by atoms with Crippen molar-refractivity contribution >= 4 is 0 Å². The van der Waals surface area contributed by atoms with E-state index in [1.54, 1.807) is 0 Å². The summed E-state index contributed by atoms with van der Waals surface area (Å²) in [7, 11) is 0. The summed E-state index contributed by atoms with van der Waals surface area (Å²) in [5.74, 6) is 0. The Morgan fingerprint density at radius 2 is 1.00 bits per heavy atom. The van der Waals surface area contributed by atoms with Gasteiger partial charge in [-0.3, -0.25) is 0 Å². The van der Waals surface area contributed by atoms with E-state index in [1.807, 2.05) is 0 Å². The van der Waals surface area contributed by atoms with E-state index < -0.39 is 0 Å². The van der Waals surface area contributed by atoms with E-state index in [0.29, 0.717) is 0 Å². The van der Waals surface area contributed by atoms with Gasteiger partial charge in [0.25, 0.3) is 0 Å². The molecule has 2 unspecified atom stereocenters. The Kier molecular flexibility index (Phi) is 6.92. The third-order valence-electron chi connectivity index (χ3n) is 6.81. The van der Waals surface area contributed by atoms with Crippen LogP contribution in [0.2, 0.25) is 0 Å². The van der Waals surface area contributed by atoms with Gasteiger partial charge in [0.1, 0.15) is 0 Å². The molecule has 0 bridgehead atoms. The van der Waals surface area contributed by atoms with Crippen LogP contribution in [-0.2, 0) is 15.6 Å². The molecule has 0 saturated carbocycles. The van der Waals surface area contributed by atoms with Crippen LogP contribution in [0.25, 0.3) is 0 Å². The molecule has 27 heavy (non-hydrogen) atoms. The smallest absolute Gasteiger partial charge is 0.0560 e. The molecule has 0 heterocycles. The molecule has 2 aromatic rings. The molecule has 0 aliphatic heterocycles. The van der Waals surface area contributed by atoms with Crippen molar-refractivity contribution in [1.29, 1.82) is 0 Å². The number of hydrogen-bond donors (Lipinski definition) is 0. The molecule has 0 fully saturated rings. The molecule has 0 aromatic heterocycles. The first-order valence-corrected chi connectivity index (χ1v) is 10.4. The fraction of sp³-hybridized carbons (Fsp3) is 0.538. The maximum absolute atomic E-state index is 6.39. The van der Waals surface area contributed by atoms with Crippen LogP contribution in [0.3, 0.4) is 0 Å². The Labute approximate surface area is 167 Å². The standard InChI is InChI=1S/C26H38O/c1-9-25(7,23-13-11-19(3)21(5)15-23)17-27-18-26(8,10-2)24-14-12-20(4)22(6)16-24/h11-16H,9-10,17-18H2,1-8H3. The topological polar surface area (TPSA) is 9.23 Å². The van der Waals surface area contributed by atoms with Gasteiger partial charge in [0.05, 0.1) is 13.2 Å². The first kappa shape index (κ1) is 21.7. The van der Waals surface area contributed by atoms with Crippen molar-refractivity contribution in [2.75, 3.05) is 13.2 Å². The van der Waals surface area contributed by atoms with Gasteiger partial charge in [0.15, 0.2) is 0 Å². The van der Waals surface area contributed by atoms with Crippen LogP contribution in [0.4, 0.5) is 0 Å². The summed E-state index contributed by atoms with van der Waals surface area (Å²) in [6.07, 6.45) is 2.14. The summed E-state index contributed by atoms with van der Waals surface area (Å²) < 4.78 is 6.39. The van der Waals surface area contributed by atoms with E-state index in [0.717, 1.165) is 26.1 Å². The lowest BCUT2D eigenvalue weighted by Crippen LogP contribution is -2.33. The predicted molar refractivity (Wildman–Crippen MR) is 118 cm³/mol. The summed E-state index contributed by atoms with van der Waals surface area (Å²) in [6.45, 7) is 19.4. The van der Waals surface area contributed by atoms with Gasteiger partial charge in [-0.05, 0) is 73.9 Å². The van der Waals surface area contributed by atoms with Gasteiger partial charge in [0.2, 0.25) is 0 Å². The van der Waals surface area contributed by atoms with Crippen molar-refractivity contribution < 1.29 is 4.74 Å². The lowest BCUT2D eigenvalue weighted by molar-refractivity contribution is 0.0510. The number of rotatable bonds is 8. The zero-order valence-corrected chi connectivity index (χ0v) is 18.7. The fourth-order valence-electron chi connectivity index (χ4n) is 3.51. The molecule has 0 aliphatic carbocycles. The summed E-state index contributed by atoms with van der Waals surface area (Å²) in [4.78, 5) is 0. The highest BCUT2D eigenvalue weighted by Gasteiger charge is 2.29. The zero-order chi connectivity index (χ0) is 20.2. The molecule has 1 nitrogen and oxygen atoms in total. The molecule has 0 aliphatic rings. The SMILES string of the molecule is CCC(C)(COCC(C)(CC)c1ccc(C)c(C)c1)c1ccc(C)c(C)c1. The van der Waals surface area contributed by atoms with Crippen LogP contribution in [0, 0.1) is 27.7 Å². The van der Waals surface area contributed by atoms with Gasteiger partial charge >= 0.3 is 0 Å². The van der Waals surface area contributed by atoms with Crippen LogP contribution in [0.15, 0.2) is 36.4 Å². The molecule has 0 radical (unpaired) electrons. The Morgan fingerprint density at radius 3 is 1.30 bits per heavy atom. The van der Waals surface area contributed by atoms with Crippen LogP contribution < -0.4 is 0 Å². The van der Waals surface area contributed by atoms with Gasteiger partial charge < -0.3 is 4.74 Å². The average Bonchev–Trinajstić information content (AvgIpc) is 2.65. The first-order valence-electron chi connectivity index (χ1n) is 10.4. The minimum atomic E-state index is 0.0519. The molecular formula is C26H38O. The van der Waals surface area contributed by atoms with Crippen molar-refractivity contribution in [2.45, 2.75) is 79.1 Å². The van der Waals surface area contributed by atoms with E-state index in [4.69, 9.17) is 4.74 Å². The molecule has 1 heteroatoms. The van der Waals surface area contributed by atoms with Crippen LogP contribution >= 0.6 is 0 Å². The van der Waals surface area contributed by atoms with Gasteiger partial charge in [0, 0.05) is 10.8 Å². The zero-order valence-electron chi connectivity index (χ0n) is 18.7. The van der Waals surface area contributed by atoms with E-state index in [1.165, 1.54) is 33.4 Å². The van der Waals surface area contributed by atoms with Gasteiger partial charge in [-0.25, -0.2) is 0 Å². The van der Waals surface area contributed by atoms with E-state index in [-0.39, 0.29) is 10.8 Å². The van der Waals surface area contributed by atoms with Crippen LogP contribution in [0.1, 0.15) is 73.9 Å². The lowest BCUT2D eigenvalue weighted by Gasteiger charge is -2.34. The fourth-order valence-corrected chi connectivity index (χ4v) is 3.51. The number of aryl methyl sites for hydroxylation is 4. The highest BCUT2D eigenvalue weighted by atomic mass is 16.5. The number of ether oxygens (including phenoxy) is 1. The highest BCUT2D eigenvalue weighted by Crippen LogP contribution is 2.33. The molecule has 0 N–H and O–H groups in total. The Morgan fingerprint density at radius 1 is 0.630 bits per heavy atom. The molecule has 148 valence electrons. The second kappa shape index (κ2) is 8.61. The van der Waals surface area contributed by atoms with E-state index in [2.05, 4.69) is 91.8 Å². The second-order valence-electron chi connectivity index (χ2n) is 8.92. The molecule has 2 atom stereocenters. The molecule has 2 rings (SSSR count). The number of benzene rings is 2. The Bertz CT molecular complexity index is 710. The summed E-state index contributed by atoms with van der Waals surface area (Å²) >= 11 is 0. The van der Waals surface area contributed by atoms with Crippen molar-refractivity contribution in [3.05, 3.63) is 69.8 Å².